The van der Waals surface area contributed by atoms with Crippen LogP contribution in [0.15, 0.2) is 72.9 Å². The van der Waals surface area contributed by atoms with Gasteiger partial charge in [0.1, 0.15) is 19.3 Å². The van der Waals surface area contributed by atoms with Gasteiger partial charge in [0.15, 0.2) is 0 Å². The lowest BCUT2D eigenvalue weighted by atomic mass is 10.0. The van der Waals surface area contributed by atoms with Crippen LogP contribution in [0.2, 0.25) is 0 Å². The Morgan fingerprint density at radius 2 is 0.771 bits per heavy atom. The van der Waals surface area contributed by atoms with E-state index in [1.54, 1.807) is 0 Å². The molecule has 484 valence electrons. The van der Waals surface area contributed by atoms with Crippen molar-refractivity contribution in [1.29, 1.82) is 0 Å². The topological polar surface area (TPSA) is 111 Å². The molecule has 0 aromatic rings. The van der Waals surface area contributed by atoms with Gasteiger partial charge in [0.05, 0.1) is 33.8 Å². The van der Waals surface area contributed by atoms with Crippen LogP contribution >= 0.6 is 7.82 Å². The summed E-state index contributed by atoms with van der Waals surface area (Å²) >= 11 is 0. The van der Waals surface area contributed by atoms with Gasteiger partial charge < -0.3 is 19.4 Å². The maximum absolute atomic E-state index is 13.6. The molecule has 83 heavy (non-hydrogen) atoms. The monoisotopic (exact) mass is 1180 g/mol. The van der Waals surface area contributed by atoms with Crippen LogP contribution in [0, 0.1) is 0 Å². The fourth-order valence-electron chi connectivity index (χ4n) is 10.3. The number of phosphoric acid groups is 1. The third kappa shape index (κ3) is 63.8. The van der Waals surface area contributed by atoms with E-state index in [4.69, 9.17) is 13.8 Å². The summed E-state index contributed by atoms with van der Waals surface area (Å²) in [6.45, 7) is 6.93. The largest absolute Gasteiger partial charge is 0.472 e. The highest BCUT2D eigenvalue weighted by atomic mass is 31.2. The number of quaternary nitrogens is 1. The molecule has 0 heterocycles. The molecule has 0 radical (unpaired) electrons. The Kier molecular flexibility index (Phi) is 60.6. The summed E-state index contributed by atoms with van der Waals surface area (Å²) in [7, 11) is 1.49. The van der Waals surface area contributed by atoms with Crippen molar-refractivity contribution in [3.63, 3.8) is 0 Å². The second-order valence-electron chi connectivity index (χ2n) is 25.0. The minimum absolute atomic E-state index is 0.0362. The molecule has 0 saturated heterocycles. The third-order valence-electron chi connectivity index (χ3n) is 15.7. The third-order valence-corrected chi connectivity index (χ3v) is 16.6. The summed E-state index contributed by atoms with van der Waals surface area (Å²) in [5, 5.41) is 3.07. The molecule has 0 rings (SSSR count). The number of carbonyl (C=O) groups excluding carboxylic acids is 2. The molecule has 1 amide bonds. The molecule has 0 fully saturated rings. The van der Waals surface area contributed by atoms with Crippen LogP contribution in [-0.2, 0) is 27.9 Å². The first-order chi connectivity index (χ1) is 40.4. The predicted octanol–water partition coefficient (Wildman–Crippen LogP) is 22.3. The SMILES string of the molecule is CC/C=C\C/C=C\C/C=C\C/C=C\C/C=C\CCCCCCCC(=O)OC(/C=C/CCCCCCCCCCCCC)C(COP(=O)(O)OCC[N+](C)(C)C)NC(=O)CCCCCCCCCCCCCCCCCCCCCCCCC. The van der Waals surface area contributed by atoms with Crippen molar-refractivity contribution in [1.82, 2.24) is 5.32 Å². The minimum Gasteiger partial charge on any atom is -0.456 e. The highest BCUT2D eigenvalue weighted by Crippen LogP contribution is 2.43. The van der Waals surface area contributed by atoms with Gasteiger partial charge >= 0.3 is 13.8 Å². The van der Waals surface area contributed by atoms with Crippen LogP contribution in [0.5, 0.6) is 0 Å². The number of carbonyl (C=O) groups is 2. The van der Waals surface area contributed by atoms with E-state index in [9.17, 15) is 19.0 Å². The molecule has 0 spiro atoms. The molecule has 0 aliphatic rings. The fourth-order valence-corrected chi connectivity index (χ4v) is 11.0. The summed E-state index contributed by atoms with van der Waals surface area (Å²) in [5.74, 6) is -0.515. The molecule has 0 aromatic carbocycles. The molecule has 3 unspecified atom stereocenters. The summed E-state index contributed by atoms with van der Waals surface area (Å²) in [4.78, 5) is 37.9. The van der Waals surface area contributed by atoms with E-state index in [1.165, 1.54) is 186 Å². The van der Waals surface area contributed by atoms with Gasteiger partial charge in [-0.15, -0.1) is 0 Å². The molecule has 0 aliphatic heterocycles. The number of phosphoric ester groups is 1. The van der Waals surface area contributed by atoms with Crippen LogP contribution in [0.4, 0.5) is 0 Å². The number of amides is 1. The number of likely N-dealkylation sites (N-methyl/N-ethyl adjacent to an activating group) is 1. The lowest BCUT2D eigenvalue weighted by Gasteiger charge is -2.27. The Labute approximate surface area is 514 Å². The van der Waals surface area contributed by atoms with E-state index < -0.39 is 20.0 Å². The van der Waals surface area contributed by atoms with Crippen LogP contribution in [-0.4, -0.2) is 74.3 Å². The van der Waals surface area contributed by atoms with E-state index >= 15 is 0 Å². The van der Waals surface area contributed by atoms with Crippen LogP contribution in [0.1, 0.15) is 329 Å². The Hall–Kier alpha value is -2.55. The molecule has 3 atom stereocenters. The summed E-state index contributed by atoms with van der Waals surface area (Å²) in [6.07, 6.45) is 82.0. The van der Waals surface area contributed by atoms with Gasteiger partial charge in [0.25, 0.3) is 0 Å². The van der Waals surface area contributed by atoms with Crippen molar-refractivity contribution >= 4 is 19.7 Å². The zero-order valence-corrected chi connectivity index (χ0v) is 56.3. The summed E-state index contributed by atoms with van der Waals surface area (Å²) in [5.41, 5.74) is 0. The Morgan fingerprint density at radius 3 is 1.16 bits per heavy atom. The lowest BCUT2D eigenvalue weighted by Crippen LogP contribution is -2.47. The van der Waals surface area contributed by atoms with Gasteiger partial charge in [-0.3, -0.25) is 18.6 Å². The highest BCUT2D eigenvalue weighted by molar-refractivity contribution is 7.47. The minimum atomic E-state index is -4.46. The number of esters is 1. The highest BCUT2D eigenvalue weighted by Gasteiger charge is 2.30. The standard InChI is InChI=1S/C73H135N2O7P/c1-7-10-13-16-19-22-25-28-30-32-34-36-37-39-40-42-44-47-50-53-56-59-62-65-72(76)74-70(69-81-83(78,79)80-68-67-75(4,5)6)71(64-61-58-55-52-49-46-27-24-21-18-15-12-9-3)82-73(77)66-63-60-57-54-51-48-45-43-41-38-35-33-31-29-26-23-20-17-14-11-8-2/h11,14,20,23,29,31,35,38,43,45,61,64,70-71H,7-10,12-13,15-19,21-22,24-28,30,32-34,36-37,39-42,44,46-60,62-63,65-69H2,1-6H3,(H-,74,76,78,79)/p+1/b14-11-,23-20-,31-29-,38-35-,45-43-,64-61+. The van der Waals surface area contributed by atoms with Gasteiger partial charge in [-0.1, -0.05) is 312 Å². The number of nitrogens with zero attached hydrogens (tertiary/aromatic N) is 1. The zero-order valence-electron chi connectivity index (χ0n) is 55.4. The number of nitrogens with one attached hydrogen (secondary N) is 1. The first-order valence-corrected chi connectivity index (χ1v) is 36.8. The van der Waals surface area contributed by atoms with Gasteiger partial charge in [0, 0.05) is 12.8 Å². The van der Waals surface area contributed by atoms with Crippen molar-refractivity contribution in [2.45, 2.75) is 341 Å². The molecular formula is C73H136N2O7P+. The van der Waals surface area contributed by atoms with Crippen molar-refractivity contribution in [3.05, 3.63) is 72.9 Å². The van der Waals surface area contributed by atoms with Crippen LogP contribution in [0.3, 0.4) is 0 Å². The first kappa shape index (κ1) is 80.5. The lowest BCUT2D eigenvalue weighted by molar-refractivity contribution is -0.870. The Bertz CT molecular complexity index is 1650. The molecular weight excluding hydrogens is 1050 g/mol. The number of hydrogen-bond donors (Lipinski definition) is 2. The van der Waals surface area contributed by atoms with Gasteiger partial charge in [-0.05, 0) is 76.7 Å². The molecule has 0 saturated carbocycles. The molecule has 0 aromatic heterocycles. The quantitative estimate of drug-likeness (QED) is 0.0205. The predicted molar refractivity (Wildman–Crippen MR) is 360 cm³/mol. The van der Waals surface area contributed by atoms with Crippen molar-refractivity contribution < 1.29 is 37.3 Å². The second kappa shape index (κ2) is 62.5. The second-order valence-corrected chi connectivity index (χ2v) is 26.5. The van der Waals surface area contributed by atoms with Crippen LogP contribution in [0.25, 0.3) is 0 Å². The van der Waals surface area contributed by atoms with Crippen molar-refractivity contribution in [2.24, 2.45) is 0 Å². The maximum atomic E-state index is 13.6. The van der Waals surface area contributed by atoms with E-state index in [0.29, 0.717) is 23.9 Å². The number of hydrogen-bond acceptors (Lipinski definition) is 6. The van der Waals surface area contributed by atoms with Gasteiger partial charge in [-0.25, -0.2) is 4.57 Å². The first-order valence-electron chi connectivity index (χ1n) is 35.3. The number of allylic oxidation sites excluding steroid dienone is 11. The molecule has 9 nitrogen and oxygen atoms in total. The van der Waals surface area contributed by atoms with Crippen molar-refractivity contribution in [3.8, 4) is 0 Å². The zero-order chi connectivity index (χ0) is 60.7. The van der Waals surface area contributed by atoms with E-state index in [0.717, 1.165) is 103 Å². The van der Waals surface area contributed by atoms with Crippen molar-refractivity contribution in [2.75, 3.05) is 40.9 Å². The average Bonchev–Trinajstić information content (AvgIpc) is 3.47. The molecule has 0 bridgehead atoms. The van der Waals surface area contributed by atoms with Gasteiger partial charge in [0.2, 0.25) is 5.91 Å². The molecule has 2 N–H and O–H groups in total. The Morgan fingerprint density at radius 1 is 0.434 bits per heavy atom. The molecule has 10 heteroatoms. The number of unbranched alkanes of at least 4 members (excludes halogenated alkanes) is 38. The van der Waals surface area contributed by atoms with E-state index in [-0.39, 0.29) is 31.5 Å². The number of ether oxygens (including phenoxy) is 1. The van der Waals surface area contributed by atoms with E-state index in [2.05, 4.69) is 86.8 Å². The fraction of sp³-hybridized carbons (Fsp3) is 0.808. The van der Waals surface area contributed by atoms with E-state index in [1.807, 2.05) is 33.3 Å². The maximum Gasteiger partial charge on any atom is 0.472 e. The number of rotatable bonds is 64. The summed E-state index contributed by atoms with van der Waals surface area (Å²) < 4.78 is 30.8. The normalized spacial score (nSPS) is 14.0. The molecule has 0 aliphatic carbocycles. The van der Waals surface area contributed by atoms with Crippen LogP contribution < -0.4 is 5.32 Å². The van der Waals surface area contributed by atoms with Gasteiger partial charge in [-0.2, -0.15) is 0 Å². The average molecular weight is 1180 g/mol. The smallest absolute Gasteiger partial charge is 0.456 e. The Balaban J connectivity index is 5.15. The summed E-state index contributed by atoms with van der Waals surface area (Å²) in [6, 6.07) is -0.858.